The second-order valence-corrected chi connectivity index (χ2v) is 12.9. The van der Waals surface area contributed by atoms with E-state index in [1.54, 1.807) is 0 Å². The van der Waals surface area contributed by atoms with Gasteiger partial charge in [-0.3, -0.25) is 4.79 Å². The smallest absolute Gasteiger partial charge is 0.308 e. The number of ether oxygens (including phenoxy) is 1. The van der Waals surface area contributed by atoms with Crippen LogP contribution in [0.3, 0.4) is 0 Å². The Bertz CT molecular complexity index is 1050. The molecule has 0 amide bonds. The highest BCUT2D eigenvalue weighted by Crippen LogP contribution is 2.69. The van der Waals surface area contributed by atoms with Crippen LogP contribution in [-0.4, -0.2) is 27.9 Å². The Hall–Kier alpha value is -1.91. The second kappa shape index (κ2) is 9.44. The van der Waals surface area contributed by atoms with Gasteiger partial charge in [-0.05, 0) is 117 Å². The summed E-state index contributed by atoms with van der Waals surface area (Å²) in [4.78, 5) is 11.3. The molecule has 4 aliphatic carbocycles. The molecule has 0 heterocycles. The summed E-state index contributed by atoms with van der Waals surface area (Å²) in [5.74, 6) is 2.66. The molecule has 2 N–H and O–H groups in total. The molecule has 8 atom stereocenters. The summed E-state index contributed by atoms with van der Waals surface area (Å²) < 4.78 is 5.24. The second-order valence-electron chi connectivity index (χ2n) is 12.9. The molecule has 5 rings (SSSR count). The molecule has 0 saturated heterocycles. The molecule has 4 nitrogen and oxygen atoms in total. The van der Waals surface area contributed by atoms with Crippen molar-refractivity contribution in [2.24, 2.45) is 34.5 Å². The first-order valence-electron chi connectivity index (χ1n) is 14.1. The van der Waals surface area contributed by atoms with Gasteiger partial charge < -0.3 is 14.9 Å². The summed E-state index contributed by atoms with van der Waals surface area (Å²) in [5, 5.41) is 21.9. The summed E-state index contributed by atoms with van der Waals surface area (Å²) in [7, 11) is 0. The van der Waals surface area contributed by atoms with Crippen LogP contribution >= 0.6 is 0 Å². The van der Waals surface area contributed by atoms with Crippen LogP contribution in [0.1, 0.15) is 84.6 Å². The van der Waals surface area contributed by atoms with Crippen LogP contribution in [-0.2, 0) is 11.2 Å². The third kappa shape index (κ3) is 4.39. The number of benzene rings is 1. The fourth-order valence-corrected chi connectivity index (χ4v) is 8.73. The number of fused-ring (bicyclic) bond motifs is 5. The average molecular weight is 493 g/mol. The molecular formula is C32H44O4. The predicted molar refractivity (Wildman–Crippen MR) is 142 cm³/mol. The number of allylic oxidation sites excluding steroid dienone is 3. The van der Waals surface area contributed by atoms with Crippen LogP contribution < -0.4 is 4.74 Å². The van der Waals surface area contributed by atoms with Crippen molar-refractivity contribution >= 4 is 5.97 Å². The van der Waals surface area contributed by atoms with E-state index >= 15 is 0 Å². The lowest BCUT2D eigenvalue weighted by Gasteiger charge is -2.61. The molecule has 1 aromatic rings. The van der Waals surface area contributed by atoms with Gasteiger partial charge in [0.15, 0.2) is 0 Å². The van der Waals surface area contributed by atoms with E-state index in [1.165, 1.54) is 18.9 Å². The molecule has 3 fully saturated rings. The van der Waals surface area contributed by atoms with Gasteiger partial charge in [0.05, 0.1) is 11.7 Å². The SMILES string of the molecule is CC(=O)Oc1cccc(CC=CC[C@@H]2CC3=C[C@@H](O)CC[C@]3(C)[C@H]3CC[C@@]4(C)[C@@H](CC[C@]4(C)O)[C@H]23)c1. The zero-order valence-electron chi connectivity index (χ0n) is 22.5. The van der Waals surface area contributed by atoms with Gasteiger partial charge in [-0.2, -0.15) is 0 Å². The third-order valence-electron chi connectivity index (χ3n) is 10.9. The number of hydrogen-bond donors (Lipinski definition) is 2. The summed E-state index contributed by atoms with van der Waals surface area (Å²) >= 11 is 0. The maximum atomic E-state index is 11.4. The van der Waals surface area contributed by atoms with Crippen molar-refractivity contribution in [3.05, 3.63) is 53.6 Å². The van der Waals surface area contributed by atoms with E-state index < -0.39 is 5.60 Å². The Balaban J connectivity index is 1.37. The fraction of sp³-hybridized carbons (Fsp3) is 0.656. The van der Waals surface area contributed by atoms with E-state index in [2.05, 4.69) is 45.1 Å². The Morgan fingerprint density at radius 3 is 2.64 bits per heavy atom. The topological polar surface area (TPSA) is 66.8 Å². The van der Waals surface area contributed by atoms with E-state index in [4.69, 9.17) is 4.74 Å². The van der Waals surface area contributed by atoms with Crippen LogP contribution in [0.2, 0.25) is 0 Å². The van der Waals surface area contributed by atoms with Gasteiger partial charge in [0.2, 0.25) is 0 Å². The van der Waals surface area contributed by atoms with Crippen molar-refractivity contribution in [2.45, 2.75) is 97.2 Å². The van der Waals surface area contributed by atoms with Crippen LogP contribution in [0, 0.1) is 34.5 Å². The minimum absolute atomic E-state index is 0.000951. The zero-order chi connectivity index (χ0) is 25.7. The first kappa shape index (κ1) is 25.7. The highest BCUT2D eigenvalue weighted by atomic mass is 16.5. The van der Waals surface area contributed by atoms with E-state index in [0.717, 1.165) is 56.9 Å². The van der Waals surface area contributed by atoms with E-state index in [0.29, 0.717) is 29.4 Å². The maximum absolute atomic E-state index is 11.4. The summed E-state index contributed by atoms with van der Waals surface area (Å²) in [6.45, 7) is 8.34. The van der Waals surface area contributed by atoms with Crippen LogP contribution in [0.4, 0.5) is 0 Å². The van der Waals surface area contributed by atoms with Crippen LogP contribution in [0.5, 0.6) is 5.75 Å². The quantitative estimate of drug-likeness (QED) is 0.283. The molecule has 3 saturated carbocycles. The lowest BCUT2D eigenvalue weighted by molar-refractivity contribution is -0.132. The van der Waals surface area contributed by atoms with Gasteiger partial charge in [-0.1, -0.05) is 49.8 Å². The first-order valence-corrected chi connectivity index (χ1v) is 14.1. The van der Waals surface area contributed by atoms with E-state index in [1.807, 2.05) is 18.2 Å². The van der Waals surface area contributed by atoms with Gasteiger partial charge in [0, 0.05) is 6.92 Å². The molecule has 0 bridgehead atoms. The molecule has 196 valence electrons. The maximum Gasteiger partial charge on any atom is 0.308 e. The number of carbonyl (C=O) groups excluding carboxylic acids is 1. The minimum atomic E-state index is -0.574. The number of esters is 1. The summed E-state index contributed by atoms with van der Waals surface area (Å²) in [5.41, 5.74) is 2.24. The van der Waals surface area contributed by atoms with Gasteiger partial charge in [-0.25, -0.2) is 0 Å². The largest absolute Gasteiger partial charge is 0.427 e. The molecule has 0 unspecified atom stereocenters. The van der Waals surface area contributed by atoms with Crippen molar-refractivity contribution in [1.82, 2.24) is 0 Å². The lowest BCUT2D eigenvalue weighted by Crippen LogP contribution is -2.56. The van der Waals surface area contributed by atoms with Crippen molar-refractivity contribution in [1.29, 1.82) is 0 Å². The van der Waals surface area contributed by atoms with Crippen molar-refractivity contribution in [2.75, 3.05) is 0 Å². The van der Waals surface area contributed by atoms with Gasteiger partial charge >= 0.3 is 5.97 Å². The Kier molecular flexibility index (Phi) is 6.74. The summed E-state index contributed by atoms with van der Waals surface area (Å²) in [6.07, 6.45) is 15.7. The Labute approximate surface area is 216 Å². The number of hydrogen-bond acceptors (Lipinski definition) is 4. The minimum Gasteiger partial charge on any atom is -0.427 e. The molecule has 1 aromatic carbocycles. The highest BCUT2D eigenvalue weighted by molar-refractivity contribution is 5.69. The molecule has 4 heteroatoms. The lowest BCUT2D eigenvalue weighted by atomic mass is 9.44. The highest BCUT2D eigenvalue weighted by Gasteiger charge is 2.64. The zero-order valence-corrected chi connectivity index (χ0v) is 22.5. The predicted octanol–water partition coefficient (Wildman–Crippen LogP) is 6.40. The van der Waals surface area contributed by atoms with Gasteiger partial charge in [0.1, 0.15) is 5.75 Å². The molecule has 0 aliphatic heterocycles. The average Bonchev–Trinajstić information content (AvgIpc) is 3.06. The van der Waals surface area contributed by atoms with Crippen molar-refractivity contribution < 1.29 is 19.7 Å². The summed E-state index contributed by atoms with van der Waals surface area (Å²) in [6, 6.07) is 7.76. The van der Waals surface area contributed by atoms with Crippen LogP contribution in [0.25, 0.3) is 0 Å². The first-order chi connectivity index (χ1) is 17.0. The molecule has 0 aromatic heterocycles. The van der Waals surface area contributed by atoms with Gasteiger partial charge in [0.25, 0.3) is 0 Å². The molecular weight excluding hydrogens is 448 g/mol. The van der Waals surface area contributed by atoms with Gasteiger partial charge in [-0.15, -0.1) is 0 Å². The van der Waals surface area contributed by atoms with Crippen LogP contribution in [0.15, 0.2) is 48.1 Å². The normalized spacial score (nSPS) is 41.8. The number of aliphatic hydroxyl groups excluding tert-OH is 1. The molecule has 0 radical (unpaired) electrons. The van der Waals surface area contributed by atoms with Crippen molar-refractivity contribution in [3.8, 4) is 5.75 Å². The number of rotatable bonds is 5. The molecule has 36 heavy (non-hydrogen) atoms. The fourth-order valence-electron chi connectivity index (χ4n) is 8.73. The monoisotopic (exact) mass is 492 g/mol. The van der Waals surface area contributed by atoms with E-state index in [-0.39, 0.29) is 22.9 Å². The third-order valence-corrected chi connectivity index (χ3v) is 10.9. The van der Waals surface area contributed by atoms with E-state index in [9.17, 15) is 15.0 Å². The number of carbonyl (C=O) groups is 1. The standard InChI is InChI=1S/C32H44O4/c1-21(33)36-26-11-7-9-22(18-26)8-5-6-10-23-19-24-20-25(34)12-15-30(24,2)27-13-16-31(3)28(29(23)27)14-17-32(31,4)35/h5-7,9,11,18,20,23,25,27-29,34-35H,8,10,12-17,19H2,1-4H3/t23-,25+,27+,28+,29-,30+,31+,32+/m1/s1. The molecule has 4 aliphatic rings. The Morgan fingerprint density at radius 2 is 1.86 bits per heavy atom. The number of aliphatic hydroxyl groups is 2. The Morgan fingerprint density at radius 1 is 1.08 bits per heavy atom. The molecule has 0 spiro atoms. The van der Waals surface area contributed by atoms with Crippen molar-refractivity contribution in [3.63, 3.8) is 0 Å².